The monoisotopic (exact) mass is 262 g/mol. The van der Waals surface area contributed by atoms with Crippen LogP contribution in [-0.4, -0.2) is 38.7 Å². The van der Waals surface area contributed by atoms with Crippen LogP contribution in [0.1, 0.15) is 31.0 Å². The van der Waals surface area contributed by atoms with E-state index in [0.717, 1.165) is 18.7 Å². The van der Waals surface area contributed by atoms with Crippen molar-refractivity contribution in [3.05, 3.63) is 29.3 Å². The van der Waals surface area contributed by atoms with Crippen LogP contribution in [0.2, 0.25) is 0 Å². The van der Waals surface area contributed by atoms with Gasteiger partial charge in [-0.05, 0) is 49.7 Å². The Morgan fingerprint density at radius 1 is 1.42 bits per heavy atom. The predicted molar refractivity (Wildman–Crippen MR) is 79.8 cm³/mol. The maximum absolute atomic E-state index is 5.35. The van der Waals surface area contributed by atoms with E-state index in [4.69, 9.17) is 4.74 Å². The summed E-state index contributed by atoms with van der Waals surface area (Å²) in [7, 11) is 6.01. The molecule has 0 fully saturated rings. The molecule has 0 radical (unpaired) electrons. The van der Waals surface area contributed by atoms with Crippen molar-refractivity contribution in [3.63, 3.8) is 0 Å². The van der Waals surface area contributed by atoms with Gasteiger partial charge in [0.25, 0.3) is 0 Å². The van der Waals surface area contributed by atoms with Crippen LogP contribution in [0, 0.1) is 5.92 Å². The number of hydrogen-bond donors (Lipinski definition) is 1. The van der Waals surface area contributed by atoms with Gasteiger partial charge in [-0.25, -0.2) is 0 Å². The van der Waals surface area contributed by atoms with E-state index in [1.165, 1.54) is 11.1 Å². The third kappa shape index (κ3) is 2.93. The second-order valence-corrected chi connectivity index (χ2v) is 5.94. The molecule has 0 spiro atoms. The molecule has 106 valence electrons. The Morgan fingerprint density at radius 3 is 2.74 bits per heavy atom. The molecule has 0 aliphatic heterocycles. The van der Waals surface area contributed by atoms with E-state index in [-0.39, 0.29) is 0 Å². The standard InChI is InChI=1S/C16H26N2O/c1-11(2)10-18(4)15-8-12-6-7-13(19-5)9-14(12)16(15)17-3/h6-7,9,11,15-17H,8,10H2,1-5H3. The summed E-state index contributed by atoms with van der Waals surface area (Å²) in [5.41, 5.74) is 2.84. The first-order chi connectivity index (χ1) is 9.06. The molecule has 0 amide bonds. The number of benzene rings is 1. The van der Waals surface area contributed by atoms with Crippen LogP contribution in [0.4, 0.5) is 0 Å². The second kappa shape index (κ2) is 5.93. The minimum Gasteiger partial charge on any atom is -0.497 e. The third-order valence-corrected chi connectivity index (χ3v) is 4.03. The fraction of sp³-hybridized carbons (Fsp3) is 0.625. The molecule has 0 aromatic heterocycles. The predicted octanol–water partition coefficient (Wildman–Crippen LogP) is 2.47. The zero-order valence-corrected chi connectivity index (χ0v) is 12.7. The van der Waals surface area contributed by atoms with E-state index in [2.05, 4.69) is 56.4 Å². The molecule has 0 saturated carbocycles. The molecule has 0 saturated heterocycles. The maximum Gasteiger partial charge on any atom is 0.119 e. The molecular formula is C16H26N2O. The second-order valence-electron chi connectivity index (χ2n) is 5.94. The smallest absolute Gasteiger partial charge is 0.119 e. The highest BCUT2D eigenvalue weighted by Crippen LogP contribution is 2.36. The summed E-state index contributed by atoms with van der Waals surface area (Å²) in [6.07, 6.45) is 1.12. The highest BCUT2D eigenvalue weighted by atomic mass is 16.5. The van der Waals surface area contributed by atoms with Crippen LogP contribution in [0.3, 0.4) is 0 Å². The highest BCUT2D eigenvalue weighted by molar-refractivity contribution is 5.42. The summed E-state index contributed by atoms with van der Waals surface area (Å²) >= 11 is 0. The first-order valence-electron chi connectivity index (χ1n) is 7.11. The minimum atomic E-state index is 0.397. The van der Waals surface area contributed by atoms with Gasteiger partial charge >= 0.3 is 0 Å². The van der Waals surface area contributed by atoms with Gasteiger partial charge in [0.2, 0.25) is 0 Å². The van der Waals surface area contributed by atoms with Crippen LogP contribution >= 0.6 is 0 Å². The van der Waals surface area contributed by atoms with Crippen molar-refractivity contribution >= 4 is 0 Å². The van der Waals surface area contributed by atoms with Crippen LogP contribution in [0.15, 0.2) is 18.2 Å². The lowest BCUT2D eigenvalue weighted by Crippen LogP contribution is -2.41. The molecule has 3 heteroatoms. The lowest BCUT2D eigenvalue weighted by Gasteiger charge is -2.31. The normalized spacial score (nSPS) is 22.1. The topological polar surface area (TPSA) is 24.5 Å². The number of methoxy groups -OCH3 is 1. The molecule has 0 bridgehead atoms. The lowest BCUT2D eigenvalue weighted by molar-refractivity contribution is 0.188. The maximum atomic E-state index is 5.35. The number of likely N-dealkylation sites (N-methyl/N-ethyl adjacent to an activating group) is 2. The molecule has 2 atom stereocenters. The summed E-state index contributed by atoms with van der Waals surface area (Å²) in [6.45, 7) is 5.68. The number of rotatable bonds is 5. The molecule has 1 N–H and O–H groups in total. The Labute approximate surface area is 116 Å². The van der Waals surface area contributed by atoms with E-state index in [9.17, 15) is 0 Å². The lowest BCUT2D eigenvalue weighted by atomic mass is 10.1. The van der Waals surface area contributed by atoms with E-state index >= 15 is 0 Å². The van der Waals surface area contributed by atoms with Crippen LogP contribution in [0.5, 0.6) is 5.75 Å². The number of fused-ring (bicyclic) bond motifs is 1. The number of hydrogen-bond acceptors (Lipinski definition) is 3. The van der Waals surface area contributed by atoms with Gasteiger partial charge in [-0.15, -0.1) is 0 Å². The minimum absolute atomic E-state index is 0.397. The quantitative estimate of drug-likeness (QED) is 0.882. The summed E-state index contributed by atoms with van der Waals surface area (Å²) < 4.78 is 5.35. The van der Waals surface area contributed by atoms with Gasteiger partial charge < -0.3 is 15.0 Å². The molecule has 1 aliphatic rings. The van der Waals surface area contributed by atoms with Gasteiger partial charge in [-0.1, -0.05) is 19.9 Å². The molecule has 1 aliphatic carbocycles. The highest BCUT2D eigenvalue weighted by Gasteiger charge is 2.34. The number of nitrogens with one attached hydrogen (secondary N) is 1. The van der Waals surface area contributed by atoms with E-state index in [1.54, 1.807) is 7.11 Å². The third-order valence-electron chi connectivity index (χ3n) is 4.03. The van der Waals surface area contributed by atoms with E-state index in [0.29, 0.717) is 18.0 Å². The van der Waals surface area contributed by atoms with Gasteiger partial charge in [0.05, 0.1) is 7.11 Å². The average Bonchev–Trinajstić information content (AvgIpc) is 2.75. The Kier molecular flexibility index (Phi) is 4.48. The van der Waals surface area contributed by atoms with Crippen molar-refractivity contribution < 1.29 is 4.74 Å². The molecule has 0 heterocycles. The molecule has 19 heavy (non-hydrogen) atoms. The number of nitrogens with zero attached hydrogens (tertiary/aromatic N) is 1. The van der Waals surface area contributed by atoms with Gasteiger partial charge in [0.1, 0.15) is 5.75 Å². The summed E-state index contributed by atoms with van der Waals surface area (Å²) in [6, 6.07) is 7.39. The Bertz CT molecular complexity index is 431. The zero-order valence-electron chi connectivity index (χ0n) is 12.7. The molecule has 1 aromatic carbocycles. The van der Waals surface area contributed by atoms with Crippen molar-refractivity contribution in [2.45, 2.75) is 32.4 Å². The van der Waals surface area contributed by atoms with Crippen LogP contribution in [0.25, 0.3) is 0 Å². The van der Waals surface area contributed by atoms with E-state index < -0.39 is 0 Å². The van der Waals surface area contributed by atoms with Gasteiger partial charge in [-0.3, -0.25) is 0 Å². The molecular weight excluding hydrogens is 236 g/mol. The average molecular weight is 262 g/mol. The van der Waals surface area contributed by atoms with Gasteiger partial charge in [0, 0.05) is 18.6 Å². The fourth-order valence-electron chi connectivity index (χ4n) is 3.20. The Hall–Kier alpha value is -1.06. The van der Waals surface area contributed by atoms with E-state index in [1.807, 2.05) is 0 Å². The van der Waals surface area contributed by atoms with Crippen molar-refractivity contribution in [3.8, 4) is 5.75 Å². The SMILES string of the molecule is CNC1c2cc(OC)ccc2CC1N(C)CC(C)C. The summed E-state index contributed by atoms with van der Waals surface area (Å²) in [4.78, 5) is 2.48. The molecule has 3 nitrogen and oxygen atoms in total. The fourth-order valence-corrected chi connectivity index (χ4v) is 3.20. The number of ether oxygens (including phenoxy) is 1. The summed E-state index contributed by atoms with van der Waals surface area (Å²) in [5, 5.41) is 3.48. The Morgan fingerprint density at radius 2 is 2.16 bits per heavy atom. The summed E-state index contributed by atoms with van der Waals surface area (Å²) in [5.74, 6) is 1.65. The Balaban J connectivity index is 2.22. The first-order valence-corrected chi connectivity index (χ1v) is 7.11. The molecule has 2 unspecified atom stereocenters. The first kappa shape index (κ1) is 14.4. The van der Waals surface area contributed by atoms with Crippen molar-refractivity contribution in [1.29, 1.82) is 0 Å². The van der Waals surface area contributed by atoms with Crippen LogP contribution < -0.4 is 10.1 Å². The zero-order chi connectivity index (χ0) is 14.0. The van der Waals surface area contributed by atoms with Crippen LogP contribution in [-0.2, 0) is 6.42 Å². The van der Waals surface area contributed by atoms with Gasteiger partial charge in [0.15, 0.2) is 0 Å². The van der Waals surface area contributed by atoms with Crippen molar-refractivity contribution in [2.75, 3.05) is 27.7 Å². The van der Waals surface area contributed by atoms with Crippen molar-refractivity contribution in [1.82, 2.24) is 10.2 Å². The molecule has 2 rings (SSSR count). The van der Waals surface area contributed by atoms with Crippen molar-refractivity contribution in [2.24, 2.45) is 5.92 Å². The largest absolute Gasteiger partial charge is 0.497 e. The molecule has 1 aromatic rings. The van der Waals surface area contributed by atoms with Gasteiger partial charge in [-0.2, -0.15) is 0 Å².